The van der Waals surface area contributed by atoms with Crippen LogP contribution in [-0.2, 0) is 32.1 Å². The molecule has 0 aliphatic heterocycles. The van der Waals surface area contributed by atoms with Crippen LogP contribution in [0.5, 0.6) is 0 Å². The molecule has 1 aromatic carbocycles. The van der Waals surface area contributed by atoms with Crippen LogP contribution in [0.3, 0.4) is 0 Å². The van der Waals surface area contributed by atoms with Crippen LogP contribution in [0, 0.1) is 0 Å². The molecule has 34 heteroatoms. The summed E-state index contributed by atoms with van der Waals surface area (Å²) in [5.41, 5.74) is 13.8. The van der Waals surface area contributed by atoms with Crippen molar-refractivity contribution in [1.82, 2.24) is 4.48 Å². The molecule has 0 aliphatic rings. The lowest BCUT2D eigenvalue weighted by atomic mass is 9.82. The van der Waals surface area contributed by atoms with Crippen LogP contribution in [0.1, 0.15) is 27.8 Å². The predicted molar refractivity (Wildman–Crippen MR) is 407 cm³/mol. The third-order valence-electron chi connectivity index (χ3n) is 12.1. The number of benzene rings is 1. The summed E-state index contributed by atoms with van der Waals surface area (Å²) in [7, 11) is 0. The molecular formula is C54H105N2O16S16+. The van der Waals surface area contributed by atoms with Gasteiger partial charge in [-0.15, -0.1) is 0 Å². The van der Waals surface area contributed by atoms with Crippen molar-refractivity contribution in [1.29, 1.82) is 0 Å². The van der Waals surface area contributed by atoms with E-state index in [-0.39, 0.29) is 46.0 Å². The number of hydrogen-bond acceptors (Lipinski definition) is 33. The molecule has 18 nitrogen and oxygen atoms in total. The Balaban J connectivity index is 4.62. The summed E-state index contributed by atoms with van der Waals surface area (Å²) in [6.45, 7) is 2.42. The lowest BCUT2D eigenvalue weighted by molar-refractivity contribution is -0.134. The van der Waals surface area contributed by atoms with E-state index in [4.69, 9.17) is 5.73 Å². The van der Waals surface area contributed by atoms with Crippen molar-refractivity contribution >= 4 is 194 Å². The lowest BCUT2D eigenvalue weighted by Crippen LogP contribution is -2.55. The Morgan fingerprint density at radius 3 is 0.648 bits per heavy atom. The first-order valence-electron chi connectivity index (χ1n) is 29.2. The molecule has 88 heavy (non-hydrogen) atoms. The minimum absolute atomic E-state index is 0.0188. The standard InChI is InChI=1S/C54H105N2O16S16/c55-54(71,72)40-88-32-24-80-16-8-56(6-14-78-22-30-86-38-51(67)68,7-15-79-23-31-87-39-52(69)70)53-44(4-12-76-20-28-84-36-49(63)64)42(2-10-74-18-26-82-34-47(59)60)41(1-9-73-17-25-81-33-46(57)58)43(3-11-75-19-27-83-35-48(61)62)45(53)5-13-77-21-29-85-37-50(65)66/h46-52,57-72H,1-40,55H2/q+1. The Labute approximate surface area is 593 Å². The highest BCUT2D eigenvalue weighted by atomic mass is 32.2. The molecule has 18 N–H and O–H groups in total. The number of hydrogen-bond donors (Lipinski definition) is 17. The molecule has 0 saturated heterocycles. The van der Waals surface area contributed by atoms with Crippen molar-refractivity contribution in [3.63, 3.8) is 0 Å². The first kappa shape index (κ1) is 90.1. The van der Waals surface area contributed by atoms with Gasteiger partial charge in [0.1, 0.15) is 5.69 Å². The van der Waals surface area contributed by atoms with E-state index in [0.717, 1.165) is 184 Å². The maximum absolute atomic E-state index is 9.89. The van der Waals surface area contributed by atoms with Crippen molar-refractivity contribution in [3.05, 3.63) is 27.8 Å². The maximum atomic E-state index is 9.89. The Kier molecular flexibility index (Phi) is 61.4. The molecule has 522 valence electrons. The average molecular weight is 1550 g/mol. The highest BCUT2D eigenvalue weighted by molar-refractivity contribution is 8.05. The molecular weight excluding hydrogens is 1450 g/mol. The van der Waals surface area contributed by atoms with E-state index in [2.05, 4.69) is 0 Å². The molecule has 1 rings (SSSR count). The molecule has 0 radical (unpaired) electrons. The number of aliphatic hydroxyl groups excluding tert-OH is 7. The Hall–Kier alpha value is 4.10. The second-order valence-corrected chi connectivity index (χ2v) is 38.5. The summed E-state index contributed by atoms with van der Waals surface area (Å²) in [6, 6.07) is 0. The fourth-order valence-electron chi connectivity index (χ4n) is 8.59. The molecule has 0 amide bonds. The molecule has 0 aliphatic carbocycles. The van der Waals surface area contributed by atoms with Gasteiger partial charge in [-0.2, -0.15) is 188 Å². The Bertz CT molecular complexity index is 1690. The van der Waals surface area contributed by atoms with Crippen LogP contribution in [0.4, 0.5) is 5.69 Å². The zero-order valence-electron chi connectivity index (χ0n) is 50.5. The van der Waals surface area contributed by atoms with E-state index in [1.165, 1.54) is 128 Å². The average Bonchev–Trinajstić information content (AvgIpc) is 1.04. The van der Waals surface area contributed by atoms with Crippen molar-refractivity contribution in [2.24, 2.45) is 5.73 Å². The van der Waals surface area contributed by atoms with E-state index in [1.54, 1.807) is 0 Å². The number of thioether (sulfide) groups is 16. The number of nitrogens with two attached hydrogens (primary N) is 1. The van der Waals surface area contributed by atoms with Crippen molar-refractivity contribution in [2.45, 2.75) is 82.0 Å². The first-order valence-corrected chi connectivity index (χ1v) is 47.7. The van der Waals surface area contributed by atoms with E-state index in [0.29, 0.717) is 10.2 Å². The first-order chi connectivity index (χ1) is 42.2. The zero-order valence-corrected chi connectivity index (χ0v) is 63.6. The molecule has 0 saturated carbocycles. The van der Waals surface area contributed by atoms with Gasteiger partial charge in [0, 0.05) is 161 Å². The highest BCUT2D eigenvalue weighted by Gasteiger charge is 2.38. The monoisotopic (exact) mass is 1550 g/mol. The zero-order chi connectivity index (χ0) is 65.1. The summed E-state index contributed by atoms with van der Waals surface area (Å²) in [4.78, 5) is 0. The van der Waals surface area contributed by atoms with Crippen LogP contribution < -0.4 is 10.2 Å². The fourth-order valence-corrected chi connectivity index (χ4v) is 24.0. The van der Waals surface area contributed by atoms with Crippen LogP contribution in [-0.4, -0.2) is 335 Å². The van der Waals surface area contributed by atoms with Gasteiger partial charge in [0.15, 0.2) is 44.0 Å². The smallest absolute Gasteiger partial charge is 0.229 e. The van der Waals surface area contributed by atoms with Gasteiger partial charge in [-0.05, 0) is 77.6 Å². The molecule has 0 heterocycles. The third kappa shape index (κ3) is 51.3. The van der Waals surface area contributed by atoms with E-state index < -0.39 is 49.9 Å². The number of nitrogens with zero attached hydrogens (tertiary/aromatic N) is 1. The second-order valence-electron chi connectivity index (χ2n) is 19.5. The van der Waals surface area contributed by atoms with Crippen molar-refractivity contribution in [2.75, 3.05) is 204 Å². The molecule has 0 fully saturated rings. The van der Waals surface area contributed by atoms with E-state index >= 15 is 0 Å². The molecule has 0 atom stereocenters. The SMILES string of the molecule is NC(O)(O)CSCCSCC[N+](CCSCCSCC(O)O)(CCSCCSCC(O)O)c1c(CCSCCSCC(O)O)c(CCSCCSCC(O)O)c(CCSCCSCC(O)O)c(CCSCCSCC(O)O)c1CCSCCSCC(O)O. The van der Waals surface area contributed by atoms with Crippen LogP contribution in [0.2, 0.25) is 0 Å². The molecule has 1 aromatic rings. The topological polar surface area (TPSA) is 350 Å². The van der Waals surface area contributed by atoms with Crippen LogP contribution in [0.25, 0.3) is 0 Å². The summed E-state index contributed by atoms with van der Waals surface area (Å²) in [6.07, 6.45) is -5.66. The predicted octanol–water partition coefficient (Wildman–Crippen LogP) is 3.21. The molecule has 0 unspecified atom stereocenters. The van der Waals surface area contributed by atoms with Gasteiger partial charge in [-0.1, -0.05) is 0 Å². The maximum Gasteiger partial charge on any atom is 0.229 e. The number of aliphatic hydroxyl groups is 16. The molecule has 0 bridgehead atoms. The van der Waals surface area contributed by atoms with E-state index in [9.17, 15) is 81.7 Å². The van der Waals surface area contributed by atoms with E-state index in [1.807, 2.05) is 94.1 Å². The largest absolute Gasteiger partial charge is 0.367 e. The Morgan fingerprint density at radius 2 is 0.432 bits per heavy atom. The summed E-state index contributed by atoms with van der Waals surface area (Å²) < 4.78 is 0.697. The van der Waals surface area contributed by atoms with Gasteiger partial charge in [0.25, 0.3) is 0 Å². The van der Waals surface area contributed by atoms with Crippen molar-refractivity contribution < 1.29 is 81.7 Å². The van der Waals surface area contributed by atoms with Gasteiger partial charge >= 0.3 is 0 Å². The highest BCUT2D eigenvalue weighted by Crippen LogP contribution is 2.43. The summed E-state index contributed by atoms with van der Waals surface area (Å²) >= 11 is 26.9. The minimum Gasteiger partial charge on any atom is -0.367 e. The van der Waals surface area contributed by atoms with Crippen molar-refractivity contribution in [3.8, 4) is 0 Å². The second kappa shape index (κ2) is 59.9. The summed E-state index contributed by atoms with van der Waals surface area (Å²) in [5, 5.41) is 155. The third-order valence-corrected chi connectivity index (χ3v) is 30.3. The number of rotatable bonds is 65. The fraction of sp³-hybridized carbons (Fsp3) is 0.889. The van der Waals surface area contributed by atoms with Gasteiger partial charge in [-0.25, -0.2) is 0 Å². The van der Waals surface area contributed by atoms with Gasteiger partial charge in [-0.3, -0.25) is 10.2 Å². The van der Waals surface area contributed by atoms with Gasteiger partial charge in [0.05, 0.1) is 25.4 Å². The molecule has 0 spiro atoms. The lowest BCUT2D eigenvalue weighted by Gasteiger charge is -2.43. The Morgan fingerprint density at radius 1 is 0.250 bits per heavy atom. The normalized spacial score (nSPS) is 12.7. The minimum atomic E-state index is -2.26. The summed E-state index contributed by atoms with van der Waals surface area (Å²) in [5.74, 6) is 18.5. The van der Waals surface area contributed by atoms with Crippen LogP contribution >= 0.6 is 188 Å². The van der Waals surface area contributed by atoms with Crippen LogP contribution in [0.15, 0.2) is 0 Å². The quantitative estimate of drug-likeness (QED) is 0.0253. The van der Waals surface area contributed by atoms with Gasteiger partial charge in [0.2, 0.25) is 5.91 Å². The number of quaternary nitrogens is 1. The van der Waals surface area contributed by atoms with Gasteiger partial charge < -0.3 is 81.7 Å². The molecule has 0 aromatic heterocycles.